The maximum Gasteiger partial charge on any atom is 0.152 e. The van der Waals surface area contributed by atoms with Crippen molar-refractivity contribution in [2.24, 2.45) is 5.92 Å². The maximum atomic E-state index is 13.5. The largest absolute Gasteiger partial charge is 0.307 e. The topological polar surface area (TPSA) is 29.1 Å². The van der Waals surface area contributed by atoms with E-state index < -0.39 is 0 Å². The third-order valence-electron chi connectivity index (χ3n) is 2.74. The minimum Gasteiger partial charge on any atom is -0.307 e. The first-order valence-electron chi connectivity index (χ1n) is 6.06. The van der Waals surface area contributed by atoms with Crippen molar-refractivity contribution in [1.29, 1.82) is 0 Å². The summed E-state index contributed by atoms with van der Waals surface area (Å²) in [5, 5.41) is 3.12. The molecular formula is C14H20FNO. The highest BCUT2D eigenvalue weighted by molar-refractivity contribution is 5.86. The van der Waals surface area contributed by atoms with E-state index in [9.17, 15) is 9.18 Å². The molecule has 0 aliphatic rings. The lowest BCUT2D eigenvalue weighted by Gasteiger charge is -2.19. The summed E-state index contributed by atoms with van der Waals surface area (Å²) in [5.74, 6) is -0.145. The van der Waals surface area contributed by atoms with E-state index >= 15 is 0 Å². The smallest absolute Gasteiger partial charge is 0.152 e. The number of hydrogen-bond donors (Lipinski definition) is 1. The highest BCUT2D eigenvalue weighted by atomic mass is 19.1. The second-order valence-electron chi connectivity index (χ2n) is 4.46. The van der Waals surface area contributed by atoms with E-state index in [0.717, 1.165) is 0 Å². The van der Waals surface area contributed by atoms with Gasteiger partial charge in [0, 0.05) is 5.92 Å². The van der Waals surface area contributed by atoms with Crippen molar-refractivity contribution in [3.63, 3.8) is 0 Å². The van der Waals surface area contributed by atoms with Crippen LogP contribution in [0.4, 0.5) is 4.39 Å². The molecule has 0 radical (unpaired) electrons. The number of hydrogen-bond acceptors (Lipinski definition) is 2. The number of nitrogens with one attached hydrogen (secondary N) is 1. The first kappa shape index (κ1) is 13.8. The second-order valence-corrected chi connectivity index (χ2v) is 4.46. The van der Waals surface area contributed by atoms with Gasteiger partial charge in [-0.15, -0.1) is 0 Å². The molecule has 0 fully saturated rings. The van der Waals surface area contributed by atoms with Gasteiger partial charge in [0.15, 0.2) is 5.78 Å². The monoisotopic (exact) mass is 237 g/mol. The predicted octanol–water partition coefficient (Wildman–Crippen LogP) is 2.57. The fourth-order valence-corrected chi connectivity index (χ4v) is 1.81. The van der Waals surface area contributed by atoms with Crippen molar-refractivity contribution in [2.75, 3.05) is 6.54 Å². The number of carbonyl (C=O) groups excluding carboxylic acids is 1. The molecule has 0 aliphatic heterocycles. The van der Waals surface area contributed by atoms with Crippen LogP contribution in [-0.4, -0.2) is 18.4 Å². The molecule has 0 saturated carbocycles. The van der Waals surface area contributed by atoms with Crippen LogP contribution < -0.4 is 5.32 Å². The summed E-state index contributed by atoms with van der Waals surface area (Å²) < 4.78 is 13.5. The van der Waals surface area contributed by atoms with Gasteiger partial charge in [-0.2, -0.15) is 0 Å². The van der Waals surface area contributed by atoms with Crippen molar-refractivity contribution >= 4 is 5.78 Å². The van der Waals surface area contributed by atoms with Gasteiger partial charge in [-0.1, -0.05) is 39.0 Å². The second kappa shape index (κ2) is 6.50. The number of ketones is 1. The van der Waals surface area contributed by atoms with Crippen LogP contribution in [0.3, 0.4) is 0 Å². The third kappa shape index (κ3) is 3.93. The van der Waals surface area contributed by atoms with E-state index in [1.54, 1.807) is 18.2 Å². The number of likely N-dealkylation sites (N-methyl/N-ethyl adjacent to an activating group) is 1. The highest BCUT2D eigenvalue weighted by Gasteiger charge is 2.21. The normalized spacial score (nSPS) is 12.8. The molecule has 0 heterocycles. The van der Waals surface area contributed by atoms with Gasteiger partial charge in [-0.05, 0) is 24.6 Å². The van der Waals surface area contributed by atoms with E-state index in [0.29, 0.717) is 18.5 Å². The van der Waals surface area contributed by atoms with Crippen molar-refractivity contribution < 1.29 is 9.18 Å². The van der Waals surface area contributed by atoms with Gasteiger partial charge >= 0.3 is 0 Å². The van der Waals surface area contributed by atoms with E-state index in [-0.39, 0.29) is 23.6 Å². The first-order chi connectivity index (χ1) is 8.06. The van der Waals surface area contributed by atoms with Gasteiger partial charge < -0.3 is 5.32 Å². The Morgan fingerprint density at radius 3 is 2.53 bits per heavy atom. The highest BCUT2D eigenvalue weighted by Crippen LogP contribution is 2.11. The minimum atomic E-state index is -0.295. The molecule has 1 rings (SSSR count). The molecule has 1 N–H and O–H groups in total. The molecule has 0 aliphatic carbocycles. The van der Waals surface area contributed by atoms with Gasteiger partial charge in [-0.3, -0.25) is 4.79 Å². The van der Waals surface area contributed by atoms with Gasteiger partial charge in [0.2, 0.25) is 0 Å². The number of benzene rings is 1. The zero-order chi connectivity index (χ0) is 12.8. The zero-order valence-corrected chi connectivity index (χ0v) is 10.7. The van der Waals surface area contributed by atoms with Crippen molar-refractivity contribution in [2.45, 2.75) is 33.2 Å². The lowest BCUT2D eigenvalue weighted by molar-refractivity contribution is -0.123. The van der Waals surface area contributed by atoms with Gasteiger partial charge in [0.1, 0.15) is 5.82 Å². The Morgan fingerprint density at radius 1 is 1.35 bits per heavy atom. The summed E-state index contributed by atoms with van der Waals surface area (Å²) in [5.41, 5.74) is 0.590. The summed E-state index contributed by atoms with van der Waals surface area (Å²) in [6.45, 7) is 6.39. The molecule has 94 valence electrons. The number of rotatable bonds is 6. The Morgan fingerprint density at radius 2 is 2.00 bits per heavy atom. The Bertz CT molecular complexity index is 376. The molecule has 1 aromatic carbocycles. The van der Waals surface area contributed by atoms with Crippen LogP contribution in [0.25, 0.3) is 0 Å². The SMILES string of the molecule is CCNC(Cc1ccccc1F)C(=O)C(C)C. The summed E-state index contributed by atoms with van der Waals surface area (Å²) in [4.78, 5) is 12.0. The fourth-order valence-electron chi connectivity index (χ4n) is 1.81. The summed E-state index contributed by atoms with van der Waals surface area (Å²) in [7, 11) is 0. The lowest BCUT2D eigenvalue weighted by atomic mass is 9.95. The number of carbonyl (C=O) groups is 1. The Hall–Kier alpha value is -1.22. The summed E-state index contributed by atoms with van der Waals surface area (Å²) in [6, 6.07) is 6.31. The van der Waals surface area contributed by atoms with Crippen LogP contribution in [0.1, 0.15) is 26.3 Å². The molecule has 1 unspecified atom stereocenters. The van der Waals surface area contributed by atoms with Crippen molar-refractivity contribution in [3.05, 3.63) is 35.6 Å². The third-order valence-corrected chi connectivity index (χ3v) is 2.74. The van der Waals surface area contributed by atoms with Gasteiger partial charge in [-0.25, -0.2) is 4.39 Å². The fraction of sp³-hybridized carbons (Fsp3) is 0.500. The molecular weight excluding hydrogens is 217 g/mol. The molecule has 0 bridgehead atoms. The molecule has 1 aromatic rings. The van der Waals surface area contributed by atoms with Crippen LogP contribution in [0.5, 0.6) is 0 Å². The maximum absolute atomic E-state index is 13.5. The zero-order valence-electron chi connectivity index (χ0n) is 10.7. The number of Topliss-reactive ketones (excluding diaryl/α,β-unsaturated/α-hetero) is 1. The van der Waals surface area contributed by atoms with E-state index in [4.69, 9.17) is 0 Å². The minimum absolute atomic E-state index is 0.0363. The van der Waals surface area contributed by atoms with Crippen LogP contribution in [0.2, 0.25) is 0 Å². The molecule has 2 nitrogen and oxygen atoms in total. The van der Waals surface area contributed by atoms with E-state index in [1.807, 2.05) is 20.8 Å². The quantitative estimate of drug-likeness (QED) is 0.824. The van der Waals surface area contributed by atoms with Crippen molar-refractivity contribution in [1.82, 2.24) is 5.32 Å². The Balaban J connectivity index is 2.80. The average Bonchev–Trinajstić information content (AvgIpc) is 2.30. The number of halogens is 1. The predicted molar refractivity (Wildman–Crippen MR) is 67.4 cm³/mol. The summed E-state index contributed by atoms with van der Waals surface area (Å²) >= 11 is 0. The van der Waals surface area contributed by atoms with E-state index in [2.05, 4.69) is 5.32 Å². The van der Waals surface area contributed by atoms with Gasteiger partial charge in [0.25, 0.3) is 0 Å². The molecule has 1 atom stereocenters. The Labute approximate surface area is 102 Å². The van der Waals surface area contributed by atoms with Crippen LogP contribution in [-0.2, 0) is 11.2 Å². The molecule has 0 amide bonds. The molecule has 0 saturated heterocycles. The van der Waals surface area contributed by atoms with Crippen LogP contribution in [0.15, 0.2) is 24.3 Å². The van der Waals surface area contributed by atoms with Gasteiger partial charge in [0.05, 0.1) is 6.04 Å². The Kier molecular flexibility index (Phi) is 5.29. The van der Waals surface area contributed by atoms with Crippen LogP contribution >= 0.6 is 0 Å². The average molecular weight is 237 g/mol. The molecule has 17 heavy (non-hydrogen) atoms. The summed E-state index contributed by atoms with van der Waals surface area (Å²) in [6.07, 6.45) is 0.414. The lowest BCUT2D eigenvalue weighted by Crippen LogP contribution is -2.40. The standard InChI is InChI=1S/C14H20FNO/c1-4-16-13(14(17)10(2)3)9-11-7-5-6-8-12(11)15/h5-8,10,13,16H,4,9H2,1-3H3. The van der Waals surface area contributed by atoms with E-state index in [1.165, 1.54) is 6.07 Å². The molecule has 3 heteroatoms. The first-order valence-corrected chi connectivity index (χ1v) is 6.06. The molecule has 0 aromatic heterocycles. The molecule has 0 spiro atoms. The van der Waals surface area contributed by atoms with Crippen LogP contribution in [0, 0.1) is 11.7 Å². The van der Waals surface area contributed by atoms with Crippen molar-refractivity contribution in [3.8, 4) is 0 Å².